The van der Waals surface area contributed by atoms with E-state index < -0.39 is 0 Å². The summed E-state index contributed by atoms with van der Waals surface area (Å²) < 4.78 is 1.99. The summed E-state index contributed by atoms with van der Waals surface area (Å²) in [4.78, 5) is 17.7. The third-order valence-electron chi connectivity index (χ3n) is 5.09. The zero-order valence-corrected chi connectivity index (χ0v) is 16.1. The van der Waals surface area contributed by atoms with Crippen LogP contribution in [0.2, 0.25) is 0 Å². The number of amides is 1. The second-order valence-electron chi connectivity index (χ2n) is 6.87. The Labute approximate surface area is 164 Å². The van der Waals surface area contributed by atoms with Gasteiger partial charge in [-0.15, -0.1) is 0 Å². The van der Waals surface area contributed by atoms with E-state index in [1.807, 2.05) is 90.3 Å². The van der Waals surface area contributed by atoms with Crippen molar-refractivity contribution < 1.29 is 4.79 Å². The Morgan fingerprint density at radius 1 is 0.964 bits per heavy atom. The highest BCUT2D eigenvalue weighted by atomic mass is 16.1. The number of rotatable bonds is 5. The van der Waals surface area contributed by atoms with Crippen molar-refractivity contribution >= 4 is 11.6 Å². The fraction of sp³-hybridized carbons (Fsp3) is 0.167. The van der Waals surface area contributed by atoms with Crippen LogP contribution in [0.15, 0.2) is 79.0 Å². The molecule has 0 saturated heterocycles. The molecule has 0 unspecified atom stereocenters. The maximum atomic E-state index is 13.1. The first-order valence-corrected chi connectivity index (χ1v) is 9.55. The van der Waals surface area contributed by atoms with E-state index in [1.165, 1.54) is 0 Å². The van der Waals surface area contributed by atoms with Crippen LogP contribution in [-0.2, 0) is 6.42 Å². The predicted octanol–water partition coefficient (Wildman–Crippen LogP) is 4.72. The van der Waals surface area contributed by atoms with Crippen molar-refractivity contribution in [3.05, 3.63) is 107 Å². The zero-order chi connectivity index (χ0) is 19.5. The largest absolute Gasteiger partial charge is 0.341 e. The minimum Gasteiger partial charge on any atom is -0.341 e. The van der Waals surface area contributed by atoms with Crippen LogP contribution in [0.5, 0.6) is 0 Å². The summed E-state index contributed by atoms with van der Waals surface area (Å²) in [6.45, 7) is 4.13. The van der Waals surface area contributed by atoms with Gasteiger partial charge in [0.1, 0.15) is 5.65 Å². The van der Waals surface area contributed by atoms with Gasteiger partial charge in [-0.1, -0.05) is 67.6 Å². The van der Waals surface area contributed by atoms with Gasteiger partial charge in [0, 0.05) is 11.9 Å². The third-order valence-corrected chi connectivity index (χ3v) is 5.09. The quantitative estimate of drug-likeness (QED) is 0.553. The normalized spacial score (nSPS) is 11.1. The Morgan fingerprint density at radius 2 is 1.57 bits per heavy atom. The molecule has 0 radical (unpaired) electrons. The smallest absolute Gasteiger partial charge is 0.253 e. The molecule has 4 heteroatoms. The number of carbonyl (C=O) groups excluding carboxylic acids is 1. The van der Waals surface area contributed by atoms with Crippen LogP contribution in [-0.4, -0.2) is 15.3 Å². The molecule has 4 nitrogen and oxygen atoms in total. The highest BCUT2D eigenvalue weighted by molar-refractivity contribution is 5.94. The van der Waals surface area contributed by atoms with Crippen molar-refractivity contribution in [2.75, 3.05) is 0 Å². The summed E-state index contributed by atoms with van der Waals surface area (Å²) in [5.74, 6) is -0.106. The van der Waals surface area contributed by atoms with Gasteiger partial charge in [-0.2, -0.15) is 0 Å². The molecule has 1 amide bonds. The van der Waals surface area contributed by atoms with E-state index in [-0.39, 0.29) is 11.9 Å². The van der Waals surface area contributed by atoms with Crippen molar-refractivity contribution in [2.45, 2.75) is 26.3 Å². The average Bonchev–Trinajstić information content (AvgIpc) is 3.08. The van der Waals surface area contributed by atoms with E-state index in [0.717, 1.165) is 34.6 Å². The lowest BCUT2D eigenvalue weighted by molar-refractivity contribution is 0.0942. The maximum Gasteiger partial charge on any atom is 0.253 e. The number of aryl methyl sites for hydroxylation is 2. The highest BCUT2D eigenvalue weighted by Gasteiger charge is 2.18. The van der Waals surface area contributed by atoms with Crippen LogP contribution < -0.4 is 5.32 Å². The molecule has 4 aromatic rings. The number of nitrogens with one attached hydrogen (secondary N) is 1. The summed E-state index contributed by atoms with van der Waals surface area (Å²) in [7, 11) is 0. The van der Waals surface area contributed by atoms with Gasteiger partial charge in [-0.25, -0.2) is 4.98 Å². The molecule has 2 aromatic carbocycles. The number of benzene rings is 2. The number of imidazole rings is 1. The minimum atomic E-state index is -0.208. The summed E-state index contributed by atoms with van der Waals surface area (Å²) in [6.07, 6.45) is 2.75. The van der Waals surface area contributed by atoms with Crippen LogP contribution in [0, 0.1) is 6.92 Å². The van der Waals surface area contributed by atoms with Crippen LogP contribution in [0.4, 0.5) is 0 Å². The molecule has 2 heterocycles. The molecule has 2 aromatic heterocycles. The molecule has 0 aliphatic carbocycles. The van der Waals surface area contributed by atoms with Crippen molar-refractivity contribution in [2.24, 2.45) is 0 Å². The standard InChI is InChI=1S/C24H23N3O/c1-3-21-17(2)27-16-20(14-15-22(27)25-21)24(28)26-23(18-10-6-4-7-11-18)19-12-8-5-9-13-19/h4-16,23H,3H2,1-2H3,(H,26,28). The van der Waals surface area contributed by atoms with Crippen LogP contribution in [0.3, 0.4) is 0 Å². The van der Waals surface area contributed by atoms with Crippen molar-refractivity contribution in [3.8, 4) is 0 Å². The second-order valence-corrected chi connectivity index (χ2v) is 6.87. The molecular weight excluding hydrogens is 346 g/mol. The zero-order valence-electron chi connectivity index (χ0n) is 16.1. The second kappa shape index (κ2) is 7.69. The molecule has 0 fully saturated rings. The predicted molar refractivity (Wildman–Crippen MR) is 112 cm³/mol. The van der Waals surface area contributed by atoms with E-state index in [1.54, 1.807) is 0 Å². The van der Waals surface area contributed by atoms with E-state index in [9.17, 15) is 4.79 Å². The molecule has 4 rings (SSSR count). The third kappa shape index (κ3) is 3.41. The molecule has 0 saturated carbocycles. The molecule has 140 valence electrons. The Morgan fingerprint density at radius 3 is 2.14 bits per heavy atom. The first-order chi connectivity index (χ1) is 13.7. The molecule has 28 heavy (non-hydrogen) atoms. The minimum absolute atomic E-state index is 0.106. The molecule has 0 spiro atoms. The van der Waals surface area contributed by atoms with E-state index in [2.05, 4.69) is 17.2 Å². The average molecular weight is 369 g/mol. The monoisotopic (exact) mass is 369 g/mol. The number of hydrogen-bond donors (Lipinski definition) is 1. The van der Waals surface area contributed by atoms with Gasteiger partial charge in [-0.3, -0.25) is 4.79 Å². The lowest BCUT2D eigenvalue weighted by Gasteiger charge is -2.20. The summed E-state index contributed by atoms with van der Waals surface area (Å²) in [6, 6.07) is 23.6. The molecule has 0 aliphatic heterocycles. The van der Waals surface area contributed by atoms with Crippen LogP contribution in [0.1, 0.15) is 45.8 Å². The SMILES string of the molecule is CCc1nc2ccc(C(=O)NC(c3ccccc3)c3ccccc3)cn2c1C. The Bertz CT molecular complexity index is 1060. The number of pyridine rings is 1. The fourth-order valence-electron chi connectivity index (χ4n) is 3.54. The summed E-state index contributed by atoms with van der Waals surface area (Å²) >= 11 is 0. The Kier molecular flexibility index (Phi) is 4.94. The van der Waals surface area contributed by atoms with Crippen LogP contribution in [0.25, 0.3) is 5.65 Å². The molecule has 1 N–H and O–H groups in total. The maximum absolute atomic E-state index is 13.1. The highest BCUT2D eigenvalue weighted by Crippen LogP contribution is 2.22. The molecular formula is C24H23N3O. The van der Waals surface area contributed by atoms with Gasteiger partial charge in [0.25, 0.3) is 5.91 Å². The molecule has 0 bridgehead atoms. The van der Waals surface area contributed by atoms with Gasteiger partial charge in [0.2, 0.25) is 0 Å². The number of nitrogens with zero attached hydrogens (tertiary/aromatic N) is 2. The van der Waals surface area contributed by atoms with Crippen molar-refractivity contribution in [1.82, 2.24) is 14.7 Å². The van der Waals surface area contributed by atoms with E-state index >= 15 is 0 Å². The lowest BCUT2D eigenvalue weighted by Crippen LogP contribution is -2.29. The summed E-state index contributed by atoms with van der Waals surface area (Å²) in [5, 5.41) is 3.20. The molecule has 0 aliphatic rings. The number of carbonyl (C=O) groups is 1. The van der Waals surface area contributed by atoms with Gasteiger partial charge in [0.05, 0.1) is 17.3 Å². The fourth-order valence-corrected chi connectivity index (χ4v) is 3.54. The van der Waals surface area contributed by atoms with Crippen molar-refractivity contribution in [1.29, 1.82) is 0 Å². The van der Waals surface area contributed by atoms with E-state index in [4.69, 9.17) is 0 Å². The first-order valence-electron chi connectivity index (χ1n) is 9.55. The topological polar surface area (TPSA) is 46.4 Å². The van der Waals surface area contributed by atoms with Gasteiger partial charge in [-0.05, 0) is 36.6 Å². The first kappa shape index (κ1) is 18.0. The van der Waals surface area contributed by atoms with Gasteiger partial charge >= 0.3 is 0 Å². The summed E-state index contributed by atoms with van der Waals surface area (Å²) in [5.41, 5.74) is 5.73. The Hall–Kier alpha value is -3.40. The van der Waals surface area contributed by atoms with E-state index in [0.29, 0.717) is 5.56 Å². The lowest BCUT2D eigenvalue weighted by atomic mass is 9.98. The molecule has 0 atom stereocenters. The number of hydrogen-bond acceptors (Lipinski definition) is 2. The number of aromatic nitrogens is 2. The van der Waals surface area contributed by atoms with Gasteiger partial charge in [0.15, 0.2) is 0 Å². The van der Waals surface area contributed by atoms with Gasteiger partial charge < -0.3 is 9.72 Å². The van der Waals surface area contributed by atoms with Crippen molar-refractivity contribution in [3.63, 3.8) is 0 Å². The number of fused-ring (bicyclic) bond motifs is 1. The van der Waals surface area contributed by atoms with Crippen LogP contribution >= 0.6 is 0 Å². The Balaban J connectivity index is 1.68.